The Balaban J connectivity index is 1.60. The van der Waals surface area contributed by atoms with Gasteiger partial charge in [-0.15, -0.1) is 0 Å². The van der Waals surface area contributed by atoms with E-state index in [1.165, 1.54) is 0 Å². The van der Waals surface area contributed by atoms with Gasteiger partial charge in [-0.05, 0) is 46.0 Å². The van der Waals surface area contributed by atoms with E-state index in [2.05, 4.69) is 10.3 Å². The summed E-state index contributed by atoms with van der Waals surface area (Å²) in [6, 6.07) is -0.662. The number of alkyl carbamates (subject to hydrolysis) is 1. The number of imidazole rings is 1. The molecule has 0 unspecified atom stereocenters. The maximum Gasteiger partial charge on any atom is 0.408 e. The fourth-order valence-electron chi connectivity index (χ4n) is 4.12. The van der Waals surface area contributed by atoms with Crippen LogP contribution in [-0.4, -0.2) is 68.2 Å². The van der Waals surface area contributed by atoms with E-state index in [-0.39, 0.29) is 18.0 Å². The van der Waals surface area contributed by atoms with Crippen molar-refractivity contribution in [3.05, 3.63) is 17.7 Å². The van der Waals surface area contributed by atoms with Crippen LogP contribution >= 0.6 is 0 Å². The largest absolute Gasteiger partial charge is 0.444 e. The molecule has 0 aromatic carbocycles. The highest BCUT2D eigenvalue weighted by Gasteiger charge is 2.40. The molecule has 172 valence electrons. The van der Waals surface area contributed by atoms with E-state index in [0.717, 1.165) is 11.5 Å². The molecule has 2 aliphatic heterocycles. The second-order valence-corrected chi connectivity index (χ2v) is 10.6. The minimum Gasteiger partial charge on any atom is -0.444 e. The lowest BCUT2D eigenvalue weighted by molar-refractivity contribution is -0.137. The maximum atomic E-state index is 13.3. The van der Waals surface area contributed by atoms with E-state index in [4.69, 9.17) is 4.74 Å². The van der Waals surface area contributed by atoms with E-state index in [0.29, 0.717) is 32.5 Å². The minimum absolute atomic E-state index is 0.0421. The molecule has 9 nitrogen and oxygen atoms in total. The van der Waals surface area contributed by atoms with E-state index in [1.807, 2.05) is 32.6 Å². The third kappa shape index (κ3) is 5.19. The molecular formula is C22H35N5O4. The number of nitrogens with zero attached hydrogens (tertiary/aromatic N) is 4. The first-order valence-corrected chi connectivity index (χ1v) is 10.9. The molecule has 0 bridgehead atoms. The van der Waals surface area contributed by atoms with Crippen molar-refractivity contribution in [2.75, 3.05) is 13.1 Å². The van der Waals surface area contributed by atoms with Gasteiger partial charge in [0.15, 0.2) is 0 Å². The summed E-state index contributed by atoms with van der Waals surface area (Å²) < 4.78 is 6.97. The van der Waals surface area contributed by atoms with Crippen molar-refractivity contribution in [1.82, 2.24) is 24.7 Å². The van der Waals surface area contributed by atoms with Crippen molar-refractivity contribution in [3.63, 3.8) is 0 Å². The molecule has 1 aromatic rings. The van der Waals surface area contributed by atoms with Crippen LogP contribution in [0.2, 0.25) is 0 Å². The molecule has 0 radical (unpaired) electrons. The van der Waals surface area contributed by atoms with E-state index in [1.54, 1.807) is 36.4 Å². The van der Waals surface area contributed by atoms with Crippen LogP contribution in [0.25, 0.3) is 0 Å². The van der Waals surface area contributed by atoms with Crippen LogP contribution in [0, 0.1) is 12.3 Å². The number of carbonyl (C=O) groups excluding carboxylic acids is 3. The van der Waals surface area contributed by atoms with Gasteiger partial charge in [-0.3, -0.25) is 9.36 Å². The number of amides is 3. The van der Waals surface area contributed by atoms with Crippen LogP contribution in [0.4, 0.5) is 9.59 Å². The Hall–Kier alpha value is -2.58. The Morgan fingerprint density at radius 2 is 1.77 bits per heavy atom. The molecule has 0 aliphatic carbocycles. The predicted octanol–water partition coefficient (Wildman–Crippen LogP) is 2.91. The van der Waals surface area contributed by atoms with Gasteiger partial charge < -0.3 is 19.9 Å². The fraction of sp³-hybridized carbons (Fsp3) is 0.727. The SMILES string of the molecule is Cc1cn2c(n1)CN(C1CCN(C(=O)[C@H](NC(=O)OC(C)(C)C)C(C)(C)C)CC1)C2=O. The molecule has 31 heavy (non-hydrogen) atoms. The normalized spacial score (nSPS) is 18.7. The van der Waals surface area contributed by atoms with Gasteiger partial charge in [-0.25, -0.2) is 14.6 Å². The maximum absolute atomic E-state index is 13.3. The molecule has 3 heterocycles. The zero-order valence-electron chi connectivity index (χ0n) is 19.7. The summed E-state index contributed by atoms with van der Waals surface area (Å²) in [6.45, 7) is 14.6. The Labute approximate surface area is 184 Å². The highest BCUT2D eigenvalue weighted by atomic mass is 16.6. The van der Waals surface area contributed by atoms with Gasteiger partial charge in [0.25, 0.3) is 0 Å². The van der Waals surface area contributed by atoms with Crippen LogP contribution in [-0.2, 0) is 16.1 Å². The van der Waals surface area contributed by atoms with Gasteiger partial charge in [0, 0.05) is 25.3 Å². The van der Waals surface area contributed by atoms with E-state index >= 15 is 0 Å². The number of fused-ring (bicyclic) bond motifs is 1. The molecule has 0 spiro atoms. The van der Waals surface area contributed by atoms with Crippen LogP contribution in [0.15, 0.2) is 6.20 Å². The Kier molecular flexibility index (Phi) is 6.08. The predicted molar refractivity (Wildman–Crippen MR) is 116 cm³/mol. The number of aryl methyl sites for hydroxylation is 1. The fourth-order valence-corrected chi connectivity index (χ4v) is 4.12. The Morgan fingerprint density at radius 1 is 1.16 bits per heavy atom. The number of piperidine rings is 1. The summed E-state index contributed by atoms with van der Waals surface area (Å²) in [5, 5.41) is 2.77. The van der Waals surface area contributed by atoms with Crippen molar-refractivity contribution in [3.8, 4) is 0 Å². The molecule has 1 saturated heterocycles. The third-order valence-electron chi connectivity index (χ3n) is 5.65. The number of rotatable bonds is 3. The molecule has 0 saturated carbocycles. The number of carbonyl (C=O) groups is 3. The van der Waals surface area contributed by atoms with E-state index in [9.17, 15) is 14.4 Å². The first-order chi connectivity index (χ1) is 14.3. The quantitative estimate of drug-likeness (QED) is 0.791. The van der Waals surface area contributed by atoms with E-state index < -0.39 is 23.2 Å². The molecular weight excluding hydrogens is 398 g/mol. The molecule has 1 fully saturated rings. The van der Waals surface area contributed by atoms with Gasteiger partial charge in [0.2, 0.25) is 5.91 Å². The molecule has 2 aliphatic rings. The van der Waals surface area contributed by atoms with Gasteiger partial charge >= 0.3 is 12.1 Å². The van der Waals surface area contributed by atoms with Crippen LogP contribution in [0.3, 0.4) is 0 Å². The van der Waals surface area contributed by atoms with Gasteiger partial charge in [0.1, 0.15) is 17.5 Å². The molecule has 3 rings (SSSR count). The average molecular weight is 434 g/mol. The first kappa shape index (κ1) is 23.1. The van der Waals surface area contributed by atoms with Gasteiger partial charge in [-0.2, -0.15) is 0 Å². The lowest BCUT2D eigenvalue weighted by atomic mass is 9.85. The highest BCUT2D eigenvalue weighted by molar-refractivity contribution is 5.86. The van der Waals surface area contributed by atoms with Crippen LogP contribution in [0.1, 0.15) is 65.9 Å². The van der Waals surface area contributed by atoms with Crippen molar-refractivity contribution >= 4 is 18.0 Å². The summed E-state index contributed by atoms with van der Waals surface area (Å²) >= 11 is 0. The van der Waals surface area contributed by atoms with Crippen LogP contribution < -0.4 is 5.32 Å². The highest BCUT2D eigenvalue weighted by Crippen LogP contribution is 2.27. The zero-order valence-corrected chi connectivity index (χ0v) is 19.7. The topological polar surface area (TPSA) is 96.8 Å². The summed E-state index contributed by atoms with van der Waals surface area (Å²) in [4.78, 5) is 46.3. The van der Waals surface area contributed by atoms with Crippen molar-refractivity contribution in [2.45, 2.75) is 85.5 Å². The number of hydrogen-bond donors (Lipinski definition) is 1. The second-order valence-electron chi connectivity index (χ2n) is 10.6. The standard InChI is InChI=1S/C22H35N5O4/c1-14-12-27-16(23-14)13-26(20(27)30)15-8-10-25(11-9-15)18(28)17(21(2,3)4)24-19(29)31-22(5,6)7/h12,15,17H,8-11,13H2,1-7H3,(H,24,29)/t17-/m0/s1. The average Bonchev–Trinajstić information content (AvgIpc) is 3.14. The first-order valence-electron chi connectivity index (χ1n) is 10.9. The van der Waals surface area contributed by atoms with Crippen molar-refractivity contribution in [2.24, 2.45) is 5.41 Å². The molecule has 1 atom stereocenters. The Bertz CT molecular complexity index is 856. The van der Waals surface area contributed by atoms with Gasteiger partial charge in [-0.1, -0.05) is 20.8 Å². The summed E-state index contributed by atoms with van der Waals surface area (Å²) in [5.74, 6) is 0.656. The minimum atomic E-state index is -0.694. The number of aromatic nitrogens is 2. The molecule has 1 aromatic heterocycles. The molecule has 1 N–H and O–H groups in total. The lowest BCUT2D eigenvalue weighted by Crippen LogP contribution is -2.57. The van der Waals surface area contributed by atoms with Crippen molar-refractivity contribution in [1.29, 1.82) is 0 Å². The van der Waals surface area contributed by atoms with Gasteiger partial charge in [0.05, 0.1) is 12.2 Å². The number of nitrogens with one attached hydrogen (secondary N) is 1. The smallest absolute Gasteiger partial charge is 0.408 e. The number of hydrogen-bond acceptors (Lipinski definition) is 5. The molecule has 9 heteroatoms. The second kappa shape index (κ2) is 8.16. The monoisotopic (exact) mass is 433 g/mol. The Morgan fingerprint density at radius 3 is 2.29 bits per heavy atom. The van der Waals surface area contributed by atoms with Crippen LogP contribution in [0.5, 0.6) is 0 Å². The lowest BCUT2D eigenvalue weighted by Gasteiger charge is -2.40. The summed E-state index contributed by atoms with van der Waals surface area (Å²) in [5.41, 5.74) is -0.264. The summed E-state index contributed by atoms with van der Waals surface area (Å²) in [6.07, 6.45) is 2.57. The molecule has 3 amide bonds. The summed E-state index contributed by atoms with van der Waals surface area (Å²) in [7, 11) is 0. The third-order valence-corrected chi connectivity index (χ3v) is 5.65. The van der Waals surface area contributed by atoms with Crippen molar-refractivity contribution < 1.29 is 19.1 Å². The number of likely N-dealkylation sites (tertiary alicyclic amines) is 1. The number of ether oxygens (including phenoxy) is 1. The zero-order chi connectivity index (χ0) is 23.1.